The summed E-state index contributed by atoms with van der Waals surface area (Å²) >= 11 is 0. The standard InChI is InChI=1S/C13H24N4O/c1-12(9-17-8-5-14-11-17)15-10-13(18)3-6-16(2)7-4-13/h5,8,11-12,15,18H,3-4,6-7,9-10H2,1-2H3. The van der Waals surface area contributed by atoms with Crippen LogP contribution in [0.2, 0.25) is 0 Å². The van der Waals surface area contributed by atoms with Gasteiger partial charge in [-0.3, -0.25) is 0 Å². The van der Waals surface area contributed by atoms with Crippen LogP contribution in [0.1, 0.15) is 19.8 Å². The Morgan fingerprint density at radius 2 is 2.17 bits per heavy atom. The Labute approximate surface area is 109 Å². The Hall–Kier alpha value is -0.910. The zero-order chi connectivity index (χ0) is 13.0. The lowest BCUT2D eigenvalue weighted by molar-refractivity contribution is -0.0162. The van der Waals surface area contributed by atoms with Gasteiger partial charge in [-0.05, 0) is 26.8 Å². The second-order valence-corrected chi connectivity index (χ2v) is 5.57. The molecule has 2 rings (SSSR count). The molecule has 1 aliphatic heterocycles. The van der Waals surface area contributed by atoms with Crippen LogP contribution in [-0.2, 0) is 6.54 Å². The fourth-order valence-electron chi connectivity index (χ4n) is 2.35. The molecule has 0 aromatic carbocycles. The molecular formula is C13H24N4O. The second-order valence-electron chi connectivity index (χ2n) is 5.57. The highest BCUT2D eigenvalue weighted by molar-refractivity contribution is 4.88. The van der Waals surface area contributed by atoms with Crippen molar-refractivity contribution < 1.29 is 5.11 Å². The average molecular weight is 252 g/mol. The van der Waals surface area contributed by atoms with Crippen molar-refractivity contribution in [2.75, 3.05) is 26.7 Å². The van der Waals surface area contributed by atoms with E-state index in [0.29, 0.717) is 12.6 Å². The van der Waals surface area contributed by atoms with Gasteiger partial charge in [0.2, 0.25) is 0 Å². The van der Waals surface area contributed by atoms with E-state index < -0.39 is 5.60 Å². The number of hydrogen-bond acceptors (Lipinski definition) is 4. The third-order valence-electron chi connectivity index (χ3n) is 3.74. The molecule has 2 heterocycles. The van der Waals surface area contributed by atoms with E-state index in [9.17, 15) is 5.11 Å². The summed E-state index contributed by atoms with van der Waals surface area (Å²) in [6.45, 7) is 5.66. The topological polar surface area (TPSA) is 53.3 Å². The van der Waals surface area contributed by atoms with Crippen molar-refractivity contribution in [3.63, 3.8) is 0 Å². The Kier molecular flexibility index (Phi) is 4.37. The van der Waals surface area contributed by atoms with Gasteiger partial charge in [0.25, 0.3) is 0 Å². The number of aliphatic hydroxyl groups is 1. The summed E-state index contributed by atoms with van der Waals surface area (Å²) < 4.78 is 2.05. The Morgan fingerprint density at radius 3 is 2.78 bits per heavy atom. The van der Waals surface area contributed by atoms with E-state index in [4.69, 9.17) is 0 Å². The van der Waals surface area contributed by atoms with Crippen LogP contribution in [0, 0.1) is 0 Å². The first kappa shape index (κ1) is 13.5. The van der Waals surface area contributed by atoms with Crippen LogP contribution in [-0.4, -0.2) is 57.9 Å². The van der Waals surface area contributed by atoms with Gasteiger partial charge in [-0.15, -0.1) is 0 Å². The number of nitrogens with zero attached hydrogens (tertiary/aromatic N) is 3. The van der Waals surface area contributed by atoms with Gasteiger partial charge < -0.3 is 19.9 Å². The minimum absolute atomic E-state index is 0.336. The maximum Gasteiger partial charge on any atom is 0.0946 e. The molecule has 1 fully saturated rings. The summed E-state index contributed by atoms with van der Waals surface area (Å²) in [5.74, 6) is 0. The number of piperidine rings is 1. The van der Waals surface area contributed by atoms with Gasteiger partial charge >= 0.3 is 0 Å². The normalized spacial score (nSPS) is 21.9. The van der Waals surface area contributed by atoms with Gasteiger partial charge in [-0.25, -0.2) is 4.98 Å². The lowest BCUT2D eigenvalue weighted by atomic mass is 9.91. The molecule has 0 amide bonds. The number of nitrogens with one attached hydrogen (secondary N) is 1. The molecule has 1 aromatic heterocycles. The number of likely N-dealkylation sites (tertiary alicyclic amines) is 1. The summed E-state index contributed by atoms with van der Waals surface area (Å²) in [6.07, 6.45) is 7.28. The summed E-state index contributed by atoms with van der Waals surface area (Å²) in [5.41, 5.74) is -0.532. The zero-order valence-electron chi connectivity index (χ0n) is 11.3. The highest BCUT2D eigenvalue weighted by atomic mass is 16.3. The minimum atomic E-state index is -0.532. The molecule has 5 nitrogen and oxygen atoms in total. The molecule has 5 heteroatoms. The van der Waals surface area contributed by atoms with Crippen LogP contribution in [0.25, 0.3) is 0 Å². The minimum Gasteiger partial charge on any atom is -0.388 e. The molecule has 0 saturated carbocycles. The molecule has 1 aliphatic rings. The zero-order valence-corrected chi connectivity index (χ0v) is 11.3. The number of aromatic nitrogens is 2. The first-order valence-electron chi connectivity index (χ1n) is 6.67. The van der Waals surface area contributed by atoms with E-state index in [1.165, 1.54) is 0 Å². The molecule has 1 atom stereocenters. The highest BCUT2D eigenvalue weighted by Crippen LogP contribution is 2.20. The summed E-state index contributed by atoms with van der Waals surface area (Å²) in [6, 6.07) is 0.336. The molecule has 0 bridgehead atoms. The molecule has 102 valence electrons. The van der Waals surface area contributed by atoms with Crippen molar-refractivity contribution in [1.29, 1.82) is 0 Å². The molecule has 1 saturated heterocycles. The van der Waals surface area contributed by atoms with Crippen molar-refractivity contribution in [3.05, 3.63) is 18.7 Å². The lowest BCUT2D eigenvalue weighted by Crippen LogP contribution is -2.50. The predicted molar refractivity (Wildman–Crippen MR) is 71.4 cm³/mol. The smallest absolute Gasteiger partial charge is 0.0946 e. The molecule has 0 aliphatic carbocycles. The molecular weight excluding hydrogens is 228 g/mol. The maximum atomic E-state index is 10.5. The van der Waals surface area contributed by atoms with E-state index in [1.54, 1.807) is 6.20 Å². The van der Waals surface area contributed by atoms with Crippen molar-refractivity contribution in [3.8, 4) is 0 Å². The number of hydrogen-bond donors (Lipinski definition) is 2. The average Bonchev–Trinajstić information content (AvgIpc) is 2.84. The summed E-state index contributed by atoms with van der Waals surface area (Å²) in [4.78, 5) is 6.29. The van der Waals surface area contributed by atoms with Crippen molar-refractivity contribution >= 4 is 0 Å². The Balaban J connectivity index is 1.73. The lowest BCUT2D eigenvalue weighted by Gasteiger charge is -2.37. The Morgan fingerprint density at radius 1 is 1.44 bits per heavy atom. The van der Waals surface area contributed by atoms with Crippen LogP contribution in [0.15, 0.2) is 18.7 Å². The summed E-state index contributed by atoms with van der Waals surface area (Å²) in [5, 5.41) is 13.9. The molecule has 1 unspecified atom stereocenters. The largest absolute Gasteiger partial charge is 0.388 e. The quantitative estimate of drug-likeness (QED) is 0.792. The third kappa shape index (κ3) is 3.80. The van der Waals surface area contributed by atoms with Gasteiger partial charge in [0, 0.05) is 44.6 Å². The fraction of sp³-hybridized carbons (Fsp3) is 0.769. The molecule has 2 N–H and O–H groups in total. The van der Waals surface area contributed by atoms with Gasteiger partial charge in [-0.2, -0.15) is 0 Å². The monoisotopic (exact) mass is 252 g/mol. The van der Waals surface area contributed by atoms with Crippen molar-refractivity contribution in [2.45, 2.75) is 38.0 Å². The van der Waals surface area contributed by atoms with Crippen molar-refractivity contribution in [2.24, 2.45) is 0 Å². The van der Waals surface area contributed by atoms with Crippen molar-refractivity contribution in [1.82, 2.24) is 19.8 Å². The first-order valence-corrected chi connectivity index (χ1v) is 6.67. The van der Waals surface area contributed by atoms with Gasteiger partial charge in [0.05, 0.1) is 11.9 Å². The SMILES string of the molecule is CC(Cn1ccnc1)NCC1(O)CCN(C)CC1. The van der Waals surface area contributed by atoms with E-state index >= 15 is 0 Å². The fourth-order valence-corrected chi connectivity index (χ4v) is 2.35. The first-order chi connectivity index (χ1) is 8.57. The van der Waals surface area contributed by atoms with E-state index in [-0.39, 0.29) is 0 Å². The third-order valence-corrected chi connectivity index (χ3v) is 3.74. The van der Waals surface area contributed by atoms with Gasteiger partial charge in [-0.1, -0.05) is 0 Å². The van der Waals surface area contributed by atoms with Crippen LogP contribution < -0.4 is 5.32 Å². The van der Waals surface area contributed by atoms with E-state index in [0.717, 1.165) is 32.5 Å². The van der Waals surface area contributed by atoms with Crippen LogP contribution in [0.5, 0.6) is 0 Å². The van der Waals surface area contributed by atoms with E-state index in [2.05, 4.69) is 33.7 Å². The molecule has 1 aromatic rings. The number of imidazole rings is 1. The van der Waals surface area contributed by atoms with Crippen LogP contribution in [0.4, 0.5) is 0 Å². The summed E-state index contributed by atoms with van der Waals surface area (Å²) in [7, 11) is 2.11. The molecule has 0 radical (unpaired) electrons. The van der Waals surface area contributed by atoms with E-state index in [1.807, 2.05) is 12.5 Å². The van der Waals surface area contributed by atoms with Crippen LogP contribution in [0.3, 0.4) is 0 Å². The number of rotatable bonds is 5. The van der Waals surface area contributed by atoms with Gasteiger partial charge in [0.15, 0.2) is 0 Å². The second kappa shape index (κ2) is 5.82. The maximum absolute atomic E-state index is 10.5. The predicted octanol–water partition coefficient (Wildman–Crippen LogP) is 0.318. The highest BCUT2D eigenvalue weighted by Gasteiger charge is 2.30. The molecule has 0 spiro atoms. The van der Waals surface area contributed by atoms with Gasteiger partial charge in [0.1, 0.15) is 0 Å². The Bertz CT molecular complexity index is 344. The molecule has 18 heavy (non-hydrogen) atoms. The van der Waals surface area contributed by atoms with Crippen LogP contribution >= 0.6 is 0 Å².